The van der Waals surface area contributed by atoms with Gasteiger partial charge in [-0.2, -0.15) is 5.10 Å². The minimum absolute atomic E-state index is 0.0590. The van der Waals surface area contributed by atoms with Crippen LogP contribution in [0.4, 0.5) is 20.2 Å². The van der Waals surface area contributed by atoms with E-state index in [-0.39, 0.29) is 40.4 Å². The van der Waals surface area contributed by atoms with Crippen molar-refractivity contribution in [3.8, 4) is 0 Å². The van der Waals surface area contributed by atoms with Crippen molar-refractivity contribution >= 4 is 28.3 Å². The summed E-state index contributed by atoms with van der Waals surface area (Å²) in [6, 6.07) is 5.89. The van der Waals surface area contributed by atoms with Crippen molar-refractivity contribution in [3.05, 3.63) is 56.9 Å². The van der Waals surface area contributed by atoms with Crippen LogP contribution >= 0.6 is 0 Å². The lowest BCUT2D eigenvalue weighted by Gasteiger charge is -2.09. The van der Waals surface area contributed by atoms with E-state index in [1.165, 1.54) is 22.9 Å². The van der Waals surface area contributed by atoms with Crippen molar-refractivity contribution in [3.63, 3.8) is 0 Å². The Balaban J connectivity index is 1.67. The zero-order chi connectivity index (χ0) is 21.6. The number of halogens is 2. The van der Waals surface area contributed by atoms with Gasteiger partial charge in [-0.3, -0.25) is 14.9 Å². The number of nitro benzene ring substituents is 1. The summed E-state index contributed by atoms with van der Waals surface area (Å²) in [5, 5.41) is 18.2. The Morgan fingerprint density at radius 2 is 2.07 bits per heavy atom. The predicted molar refractivity (Wildman–Crippen MR) is 106 cm³/mol. The first-order chi connectivity index (χ1) is 14.2. The van der Waals surface area contributed by atoms with E-state index in [0.717, 1.165) is 12.8 Å². The van der Waals surface area contributed by atoms with Gasteiger partial charge in [0.05, 0.1) is 16.0 Å². The molecule has 1 aliphatic carbocycles. The molecule has 1 amide bonds. The van der Waals surface area contributed by atoms with E-state index in [0.29, 0.717) is 17.0 Å². The number of amides is 1. The molecule has 8 nitrogen and oxygen atoms in total. The van der Waals surface area contributed by atoms with Gasteiger partial charge in [-0.05, 0) is 44.4 Å². The number of nitro groups is 1. The van der Waals surface area contributed by atoms with E-state index >= 15 is 0 Å². The molecule has 4 rings (SSSR count). The van der Waals surface area contributed by atoms with Gasteiger partial charge in [0.2, 0.25) is 5.91 Å². The molecule has 0 spiro atoms. The molecule has 30 heavy (non-hydrogen) atoms. The van der Waals surface area contributed by atoms with Crippen LogP contribution in [0.5, 0.6) is 0 Å². The zero-order valence-corrected chi connectivity index (χ0v) is 16.4. The Morgan fingerprint density at radius 3 is 2.70 bits per heavy atom. The molecule has 0 atom stereocenters. The first kappa shape index (κ1) is 19.9. The predicted octanol–water partition coefficient (Wildman–Crippen LogP) is 4.41. The molecule has 1 aliphatic rings. The van der Waals surface area contributed by atoms with Crippen molar-refractivity contribution in [1.82, 2.24) is 14.8 Å². The molecular weight excluding hydrogens is 396 g/mol. The highest BCUT2D eigenvalue weighted by Crippen LogP contribution is 2.42. The number of aryl methyl sites for hydroxylation is 2. The molecule has 0 unspecified atom stereocenters. The summed E-state index contributed by atoms with van der Waals surface area (Å²) < 4.78 is 28.6. The SMILES string of the molecule is Cc1ccc(NC(=O)Cn2nc(C)c3c(C(F)F)cc(C4CC4)nc32)c([N+](=O)[O-])c1. The normalized spacial score (nSPS) is 13.8. The van der Waals surface area contributed by atoms with Crippen LogP contribution in [0.15, 0.2) is 24.3 Å². The number of aromatic nitrogens is 3. The Morgan fingerprint density at radius 1 is 1.33 bits per heavy atom. The quantitative estimate of drug-likeness (QED) is 0.474. The van der Waals surface area contributed by atoms with E-state index in [4.69, 9.17) is 0 Å². The topological polar surface area (TPSA) is 103 Å². The van der Waals surface area contributed by atoms with Crippen molar-refractivity contribution in [2.45, 2.75) is 45.6 Å². The number of carbonyl (C=O) groups is 1. The fraction of sp³-hybridized carbons (Fsp3) is 0.350. The molecule has 1 fully saturated rings. The highest BCUT2D eigenvalue weighted by molar-refractivity contribution is 5.94. The lowest BCUT2D eigenvalue weighted by Crippen LogP contribution is -2.20. The minimum atomic E-state index is -2.69. The van der Waals surface area contributed by atoms with Crippen molar-refractivity contribution in [2.24, 2.45) is 0 Å². The van der Waals surface area contributed by atoms with Crippen LogP contribution in [0.3, 0.4) is 0 Å². The first-order valence-electron chi connectivity index (χ1n) is 9.45. The lowest BCUT2D eigenvalue weighted by atomic mass is 10.1. The molecule has 1 saturated carbocycles. The highest BCUT2D eigenvalue weighted by Gasteiger charge is 2.29. The number of alkyl halides is 2. The number of nitrogens with zero attached hydrogens (tertiary/aromatic N) is 4. The molecule has 1 aromatic carbocycles. The maximum absolute atomic E-state index is 13.6. The lowest BCUT2D eigenvalue weighted by molar-refractivity contribution is -0.384. The molecule has 0 saturated heterocycles. The number of rotatable bonds is 6. The summed E-state index contributed by atoms with van der Waals surface area (Å²) >= 11 is 0. The van der Waals surface area contributed by atoms with Crippen LogP contribution in [0.2, 0.25) is 0 Å². The molecule has 2 heterocycles. The maximum Gasteiger partial charge on any atom is 0.293 e. The summed E-state index contributed by atoms with van der Waals surface area (Å²) in [5.41, 5.74) is 1.53. The summed E-state index contributed by atoms with van der Waals surface area (Å²) in [7, 11) is 0. The van der Waals surface area contributed by atoms with E-state index in [1.807, 2.05) is 0 Å². The van der Waals surface area contributed by atoms with Crippen LogP contribution in [-0.4, -0.2) is 25.6 Å². The minimum Gasteiger partial charge on any atom is -0.319 e. The van der Waals surface area contributed by atoms with Gasteiger partial charge in [0, 0.05) is 23.2 Å². The van der Waals surface area contributed by atoms with Gasteiger partial charge in [0.25, 0.3) is 12.1 Å². The molecular formula is C20H19F2N5O3. The van der Waals surface area contributed by atoms with Gasteiger partial charge in [-0.25, -0.2) is 18.4 Å². The Labute approximate surface area is 170 Å². The van der Waals surface area contributed by atoms with E-state index < -0.39 is 17.3 Å². The summed E-state index contributed by atoms with van der Waals surface area (Å²) in [6.45, 7) is 2.99. The Hall–Kier alpha value is -3.43. The number of benzene rings is 1. The van der Waals surface area contributed by atoms with Gasteiger partial charge < -0.3 is 5.32 Å². The fourth-order valence-electron chi connectivity index (χ4n) is 3.50. The van der Waals surface area contributed by atoms with Crippen molar-refractivity contribution in [2.75, 3.05) is 5.32 Å². The molecule has 0 aliphatic heterocycles. The molecule has 0 radical (unpaired) electrons. The number of pyridine rings is 1. The molecule has 1 N–H and O–H groups in total. The standard InChI is InChI=1S/C20H19F2N5O3/c1-10-3-6-14(16(7-10)27(29)30)23-17(28)9-26-20-18(11(2)25-26)13(19(21)22)8-15(24-20)12-4-5-12/h3,6-8,12,19H,4-5,9H2,1-2H3,(H,23,28). The molecule has 0 bridgehead atoms. The third-order valence-corrected chi connectivity index (χ3v) is 5.08. The summed E-state index contributed by atoms with van der Waals surface area (Å²) in [4.78, 5) is 27.8. The summed E-state index contributed by atoms with van der Waals surface area (Å²) in [6.07, 6.45) is -0.897. The van der Waals surface area contributed by atoms with Crippen LogP contribution in [-0.2, 0) is 11.3 Å². The number of carbonyl (C=O) groups excluding carboxylic acids is 1. The van der Waals surface area contributed by atoms with Crippen LogP contribution in [0, 0.1) is 24.0 Å². The van der Waals surface area contributed by atoms with E-state index in [1.54, 1.807) is 19.9 Å². The Kier molecular flexibility index (Phi) is 4.92. The first-order valence-corrected chi connectivity index (χ1v) is 9.45. The van der Waals surface area contributed by atoms with Crippen LogP contribution in [0.1, 0.15) is 47.7 Å². The molecule has 2 aromatic heterocycles. The summed E-state index contributed by atoms with van der Waals surface area (Å²) in [5.74, 6) is -0.414. The molecule has 3 aromatic rings. The van der Waals surface area contributed by atoms with Crippen LogP contribution < -0.4 is 5.32 Å². The van der Waals surface area contributed by atoms with Gasteiger partial charge in [0.1, 0.15) is 12.2 Å². The van der Waals surface area contributed by atoms with Gasteiger partial charge in [-0.1, -0.05) is 6.07 Å². The fourth-order valence-corrected chi connectivity index (χ4v) is 3.50. The number of fused-ring (bicyclic) bond motifs is 1. The number of hydrogen-bond acceptors (Lipinski definition) is 5. The van der Waals surface area contributed by atoms with Crippen molar-refractivity contribution < 1.29 is 18.5 Å². The smallest absolute Gasteiger partial charge is 0.293 e. The maximum atomic E-state index is 13.6. The monoisotopic (exact) mass is 415 g/mol. The van der Waals surface area contributed by atoms with E-state index in [9.17, 15) is 23.7 Å². The average Bonchev–Trinajstić information content (AvgIpc) is 3.48. The molecule has 10 heteroatoms. The third-order valence-electron chi connectivity index (χ3n) is 5.08. The number of hydrogen-bond donors (Lipinski definition) is 1. The molecule has 156 valence electrons. The zero-order valence-electron chi connectivity index (χ0n) is 16.4. The largest absolute Gasteiger partial charge is 0.319 e. The van der Waals surface area contributed by atoms with Gasteiger partial charge in [-0.15, -0.1) is 0 Å². The van der Waals surface area contributed by atoms with E-state index in [2.05, 4.69) is 15.4 Å². The number of anilines is 1. The van der Waals surface area contributed by atoms with Gasteiger partial charge >= 0.3 is 0 Å². The van der Waals surface area contributed by atoms with Gasteiger partial charge in [0.15, 0.2) is 5.65 Å². The second kappa shape index (κ2) is 7.43. The second-order valence-electron chi connectivity index (χ2n) is 7.48. The second-order valence-corrected chi connectivity index (χ2v) is 7.48. The number of nitrogens with one attached hydrogen (secondary N) is 1. The Bertz CT molecular complexity index is 1170. The van der Waals surface area contributed by atoms with Crippen LogP contribution in [0.25, 0.3) is 11.0 Å². The highest BCUT2D eigenvalue weighted by atomic mass is 19.3. The third kappa shape index (κ3) is 3.72. The average molecular weight is 415 g/mol. The van der Waals surface area contributed by atoms with Crippen molar-refractivity contribution in [1.29, 1.82) is 0 Å².